The molecule has 258 valence electrons. The molecule has 1 N–H and O–H groups in total. The van der Waals surface area contributed by atoms with Crippen molar-refractivity contribution in [3.05, 3.63) is 46.1 Å². The summed E-state index contributed by atoms with van der Waals surface area (Å²) in [5.41, 5.74) is -1.28. The Hall–Kier alpha value is -4.24. The van der Waals surface area contributed by atoms with E-state index in [2.05, 4.69) is 25.0 Å². The molecule has 3 atom stereocenters. The molecule has 3 aliphatic rings. The van der Waals surface area contributed by atoms with Crippen LogP contribution in [0.2, 0.25) is 0 Å². The van der Waals surface area contributed by atoms with Crippen molar-refractivity contribution in [2.24, 2.45) is 0 Å². The Morgan fingerprint density at radius 2 is 1.86 bits per heavy atom. The van der Waals surface area contributed by atoms with E-state index in [1.54, 1.807) is 10.7 Å². The Labute approximate surface area is 283 Å². The van der Waals surface area contributed by atoms with E-state index < -0.39 is 23.0 Å². The van der Waals surface area contributed by atoms with Crippen LogP contribution in [0.25, 0.3) is 42.5 Å². The first kappa shape index (κ1) is 32.0. The van der Waals surface area contributed by atoms with Gasteiger partial charge in [0.2, 0.25) is 0 Å². The third kappa shape index (κ3) is 5.41. The van der Waals surface area contributed by atoms with Gasteiger partial charge in [0.1, 0.15) is 16.2 Å². The Morgan fingerprint density at radius 1 is 1.10 bits per heavy atom. The first-order valence-corrected chi connectivity index (χ1v) is 17.4. The lowest BCUT2D eigenvalue weighted by Gasteiger charge is -2.42. The first-order valence-electron chi connectivity index (χ1n) is 16.6. The van der Waals surface area contributed by atoms with Gasteiger partial charge < -0.3 is 14.4 Å². The van der Waals surface area contributed by atoms with Gasteiger partial charge in [0.05, 0.1) is 45.1 Å². The van der Waals surface area contributed by atoms with Crippen LogP contribution in [0.1, 0.15) is 70.2 Å². The van der Waals surface area contributed by atoms with Crippen LogP contribution in [0, 0.1) is 6.92 Å². The number of piperazine rings is 1. The van der Waals surface area contributed by atoms with E-state index in [1.165, 1.54) is 25.4 Å². The number of aromatic amines is 1. The van der Waals surface area contributed by atoms with Gasteiger partial charge in [0.25, 0.3) is 0 Å². The number of anilines is 1. The second-order valence-electron chi connectivity index (χ2n) is 14.2. The van der Waals surface area contributed by atoms with Gasteiger partial charge in [-0.15, -0.1) is 11.3 Å². The van der Waals surface area contributed by atoms with E-state index >= 15 is 0 Å². The van der Waals surface area contributed by atoms with Gasteiger partial charge in [-0.2, -0.15) is 23.3 Å². The number of amides is 1. The summed E-state index contributed by atoms with van der Waals surface area (Å²) in [6.07, 6.45) is 1.74. The number of nitrogens with one attached hydrogen (secondary N) is 1. The normalized spacial score (nSPS) is 21.7. The minimum Gasteiger partial charge on any atom is -0.444 e. The van der Waals surface area contributed by atoms with Crippen molar-refractivity contribution in [1.82, 2.24) is 29.6 Å². The molecule has 0 spiro atoms. The number of H-pyrrole nitrogens is 1. The highest BCUT2D eigenvalue weighted by Crippen LogP contribution is 2.48. The molecule has 7 heterocycles. The van der Waals surface area contributed by atoms with Crippen LogP contribution in [0.15, 0.2) is 29.3 Å². The van der Waals surface area contributed by atoms with Gasteiger partial charge in [0, 0.05) is 42.2 Å². The number of benzene rings is 1. The number of aryl methyl sites for hydroxylation is 1. The van der Waals surface area contributed by atoms with E-state index in [0.29, 0.717) is 63.1 Å². The fraction of sp³-hybridized carbons (Fsp3) is 0.500. The smallest absolute Gasteiger partial charge is 0.417 e. The van der Waals surface area contributed by atoms with Crippen molar-refractivity contribution in [3.8, 4) is 11.3 Å². The van der Waals surface area contributed by atoms with E-state index in [1.807, 2.05) is 25.7 Å². The Kier molecular flexibility index (Phi) is 7.45. The predicted molar refractivity (Wildman–Crippen MR) is 180 cm³/mol. The molecule has 0 aliphatic carbocycles. The molecule has 4 aromatic heterocycles. The molecule has 11 nitrogen and oxygen atoms in total. The molecule has 3 saturated heterocycles. The molecule has 3 unspecified atom stereocenters. The number of halogens is 3. The second kappa shape index (κ2) is 11.4. The highest BCUT2D eigenvalue weighted by Gasteiger charge is 2.45. The molecular formula is C34H36F3N7O4S. The van der Waals surface area contributed by atoms with Gasteiger partial charge in [-0.1, -0.05) is 0 Å². The number of carbonyl (C=O) groups excluding carboxylic acids is 1. The molecule has 1 aromatic carbocycles. The molecular weight excluding hydrogens is 659 g/mol. The maximum absolute atomic E-state index is 14.9. The van der Waals surface area contributed by atoms with Crippen molar-refractivity contribution in [1.29, 1.82) is 0 Å². The number of nitrogens with zero attached hydrogens (tertiary/aromatic N) is 6. The largest absolute Gasteiger partial charge is 0.444 e. The highest BCUT2D eigenvalue weighted by atomic mass is 32.1. The zero-order valence-corrected chi connectivity index (χ0v) is 28.4. The number of ether oxygens (including phenoxy) is 2. The number of rotatable bonds is 3. The van der Waals surface area contributed by atoms with Crippen LogP contribution >= 0.6 is 11.3 Å². The van der Waals surface area contributed by atoms with Crippen LogP contribution < -0.4 is 10.6 Å². The van der Waals surface area contributed by atoms with Gasteiger partial charge >= 0.3 is 18.0 Å². The minimum absolute atomic E-state index is 0.0554. The zero-order chi connectivity index (χ0) is 34.4. The van der Waals surface area contributed by atoms with E-state index in [4.69, 9.17) is 9.47 Å². The molecule has 0 radical (unpaired) electrons. The molecule has 49 heavy (non-hydrogen) atoms. The predicted octanol–water partition coefficient (Wildman–Crippen LogP) is 7.16. The standard InChI is InChI=1S/C34H36F3N7O4S/c1-17-13-22-21(14-39-44(22)23-7-5-6-12-47-23)24(26(17)34(35,36)37)27-28-20(10-11-38-27)25-29(40-31(45)41-30(25)49-28)42-15-18-8-9-19(16-42)43(18)32(46)48-33(2,3)4/h10-11,13-14,18-19,23H,5-9,12,15-16H2,1-4H3,(H,40,41,45). The highest BCUT2D eigenvalue weighted by molar-refractivity contribution is 7.26. The van der Waals surface area contributed by atoms with Gasteiger partial charge in [-0.25, -0.2) is 14.3 Å². The average molecular weight is 696 g/mol. The van der Waals surface area contributed by atoms with Crippen LogP contribution in [0.3, 0.4) is 0 Å². The summed E-state index contributed by atoms with van der Waals surface area (Å²) in [5.74, 6) is 0.534. The SMILES string of the molecule is Cc1cc2c(cnn2C2CCCCO2)c(-c2nccc3c2sc2nc(=O)[nH]c(N4CC5CCC(C4)N5C(=O)OC(C)(C)C)c23)c1C(F)(F)F. The number of fused-ring (bicyclic) bond motifs is 6. The monoisotopic (exact) mass is 695 g/mol. The van der Waals surface area contributed by atoms with E-state index in [9.17, 15) is 22.8 Å². The molecule has 3 aliphatic heterocycles. The summed E-state index contributed by atoms with van der Waals surface area (Å²) in [6, 6.07) is 3.04. The lowest BCUT2D eigenvalue weighted by atomic mass is 9.94. The van der Waals surface area contributed by atoms with Gasteiger partial charge in [-0.05, 0) is 77.5 Å². The third-order valence-electron chi connectivity index (χ3n) is 9.70. The van der Waals surface area contributed by atoms with Crippen molar-refractivity contribution in [3.63, 3.8) is 0 Å². The minimum atomic E-state index is -4.68. The maximum Gasteiger partial charge on any atom is 0.417 e. The first-order chi connectivity index (χ1) is 23.3. The number of pyridine rings is 1. The Balaban J connectivity index is 1.28. The molecule has 8 rings (SSSR count). The quantitative estimate of drug-likeness (QED) is 0.211. The fourth-order valence-electron chi connectivity index (χ4n) is 7.79. The summed E-state index contributed by atoms with van der Waals surface area (Å²) in [6.45, 7) is 8.44. The number of thiophene rings is 1. The second-order valence-corrected chi connectivity index (χ2v) is 15.2. The topological polar surface area (TPSA) is 118 Å². The lowest BCUT2D eigenvalue weighted by molar-refractivity contribution is -0.137. The number of aromatic nitrogens is 5. The molecule has 0 saturated carbocycles. The van der Waals surface area contributed by atoms with Crippen LogP contribution in [0.5, 0.6) is 0 Å². The summed E-state index contributed by atoms with van der Waals surface area (Å²) < 4.78 is 58.6. The number of alkyl halides is 3. The Morgan fingerprint density at radius 3 is 2.53 bits per heavy atom. The average Bonchev–Trinajstić information content (AvgIpc) is 3.70. The van der Waals surface area contributed by atoms with Gasteiger partial charge in [-0.3, -0.25) is 14.9 Å². The van der Waals surface area contributed by atoms with Crippen molar-refractivity contribution >= 4 is 54.5 Å². The van der Waals surface area contributed by atoms with Crippen molar-refractivity contribution in [2.75, 3.05) is 24.6 Å². The number of hydrogen-bond donors (Lipinski definition) is 1. The molecule has 5 aromatic rings. The fourth-order valence-corrected chi connectivity index (χ4v) is 8.95. The maximum atomic E-state index is 14.9. The summed E-state index contributed by atoms with van der Waals surface area (Å²) in [7, 11) is 0. The van der Waals surface area contributed by atoms with Crippen LogP contribution in [0.4, 0.5) is 23.8 Å². The van der Waals surface area contributed by atoms with E-state index in [0.717, 1.165) is 37.0 Å². The molecule has 2 bridgehead atoms. The lowest BCUT2D eigenvalue weighted by Crippen LogP contribution is -2.57. The number of carbonyl (C=O) groups is 1. The Bertz CT molecular complexity index is 2170. The number of hydrogen-bond acceptors (Lipinski definition) is 9. The zero-order valence-electron chi connectivity index (χ0n) is 27.6. The third-order valence-corrected chi connectivity index (χ3v) is 10.8. The molecule has 15 heteroatoms. The van der Waals surface area contributed by atoms with Crippen molar-refractivity contribution in [2.45, 2.75) is 89.9 Å². The summed E-state index contributed by atoms with van der Waals surface area (Å²) in [4.78, 5) is 42.1. The van der Waals surface area contributed by atoms with Gasteiger partial charge in [0.15, 0.2) is 6.23 Å². The summed E-state index contributed by atoms with van der Waals surface area (Å²) in [5, 5.41) is 6.13. The summed E-state index contributed by atoms with van der Waals surface area (Å²) >= 11 is 1.15. The van der Waals surface area contributed by atoms with E-state index in [-0.39, 0.29) is 41.2 Å². The van der Waals surface area contributed by atoms with Crippen LogP contribution in [-0.2, 0) is 15.7 Å². The molecule has 1 amide bonds. The van der Waals surface area contributed by atoms with Crippen molar-refractivity contribution < 1.29 is 27.4 Å². The van der Waals surface area contributed by atoms with Crippen LogP contribution in [-0.4, -0.2) is 73.1 Å². The molecule has 3 fully saturated rings.